The maximum absolute atomic E-state index is 12.9. The van der Waals surface area contributed by atoms with Crippen LogP contribution in [0.5, 0.6) is 0 Å². The van der Waals surface area contributed by atoms with Crippen LogP contribution in [0.25, 0.3) is 0 Å². The van der Waals surface area contributed by atoms with Crippen LogP contribution < -0.4 is 0 Å². The molecule has 3 rings (SSSR count). The maximum Gasteiger partial charge on any atom is 0.265 e. The van der Waals surface area contributed by atoms with E-state index in [1.807, 2.05) is 11.8 Å². The highest BCUT2D eigenvalue weighted by atomic mass is 32.1. The average Bonchev–Trinajstić information content (AvgIpc) is 2.95. The van der Waals surface area contributed by atoms with Gasteiger partial charge in [0.15, 0.2) is 0 Å². The van der Waals surface area contributed by atoms with Gasteiger partial charge in [-0.1, -0.05) is 13.8 Å². The number of β-amino-alcohol motifs (C(OH)–C–C–N with tert-alkyl or cyclic N) is 1. The molecule has 1 atom stereocenters. The summed E-state index contributed by atoms with van der Waals surface area (Å²) in [6.07, 6.45) is 1.28. The molecule has 138 valence electrons. The largest absolute Gasteiger partial charge is 0.391 e. The third kappa shape index (κ3) is 3.31. The lowest BCUT2D eigenvalue weighted by Gasteiger charge is -2.46. The van der Waals surface area contributed by atoms with Crippen molar-refractivity contribution < 1.29 is 14.7 Å². The molecule has 2 aliphatic rings. The molecular formula is C18H27N3O3S. The minimum Gasteiger partial charge on any atom is -0.391 e. The van der Waals surface area contributed by atoms with E-state index in [0.29, 0.717) is 49.7 Å². The van der Waals surface area contributed by atoms with Crippen molar-refractivity contribution in [2.45, 2.75) is 52.1 Å². The molecule has 1 aromatic rings. The molecule has 0 bridgehead atoms. The van der Waals surface area contributed by atoms with Gasteiger partial charge < -0.3 is 14.9 Å². The van der Waals surface area contributed by atoms with Crippen LogP contribution in [0.1, 0.15) is 59.4 Å². The number of hydrogen-bond donors (Lipinski definition) is 1. The average molecular weight is 365 g/mol. The Morgan fingerprint density at radius 2 is 2.00 bits per heavy atom. The van der Waals surface area contributed by atoms with E-state index >= 15 is 0 Å². The lowest BCUT2D eigenvalue weighted by atomic mass is 9.71. The van der Waals surface area contributed by atoms with E-state index in [1.54, 1.807) is 11.9 Å². The number of likely N-dealkylation sites (tertiary alicyclic amines) is 2. The van der Waals surface area contributed by atoms with Crippen LogP contribution in [0, 0.1) is 12.3 Å². The minimum absolute atomic E-state index is 0.0221. The summed E-state index contributed by atoms with van der Waals surface area (Å²) in [4.78, 5) is 34.2. The Morgan fingerprint density at radius 1 is 1.36 bits per heavy atom. The van der Waals surface area contributed by atoms with Gasteiger partial charge in [-0.05, 0) is 26.2 Å². The number of piperidine rings is 2. The first kappa shape index (κ1) is 18.3. The van der Waals surface area contributed by atoms with Crippen molar-refractivity contribution in [3.05, 3.63) is 15.6 Å². The second kappa shape index (κ2) is 6.68. The summed E-state index contributed by atoms with van der Waals surface area (Å²) >= 11 is 1.48. The van der Waals surface area contributed by atoms with Gasteiger partial charge in [-0.25, -0.2) is 4.98 Å². The molecule has 2 saturated heterocycles. The number of rotatable bonds is 2. The minimum atomic E-state index is -0.505. The Kier molecular flexibility index (Phi) is 4.90. The molecule has 1 N–H and O–H groups in total. The number of nitrogens with zero attached hydrogens (tertiary/aromatic N) is 3. The van der Waals surface area contributed by atoms with E-state index in [1.165, 1.54) is 11.3 Å². The molecule has 7 heteroatoms. The number of aryl methyl sites for hydroxylation is 1. The summed E-state index contributed by atoms with van der Waals surface area (Å²) in [5.74, 6) is 0.446. The van der Waals surface area contributed by atoms with E-state index in [9.17, 15) is 14.7 Å². The highest BCUT2D eigenvalue weighted by molar-refractivity contribution is 7.13. The zero-order chi connectivity index (χ0) is 18.4. The van der Waals surface area contributed by atoms with Gasteiger partial charge in [0.25, 0.3) is 5.91 Å². The molecule has 0 saturated carbocycles. The van der Waals surface area contributed by atoms with Crippen molar-refractivity contribution in [2.75, 3.05) is 26.7 Å². The lowest BCUT2D eigenvalue weighted by molar-refractivity contribution is -0.154. The van der Waals surface area contributed by atoms with E-state index in [0.717, 1.165) is 10.7 Å². The van der Waals surface area contributed by atoms with Gasteiger partial charge in [-0.15, -0.1) is 11.3 Å². The fourth-order valence-electron chi connectivity index (χ4n) is 3.97. The van der Waals surface area contributed by atoms with Crippen LogP contribution in [0.3, 0.4) is 0 Å². The summed E-state index contributed by atoms with van der Waals surface area (Å²) in [6.45, 7) is 7.55. The predicted molar refractivity (Wildman–Crippen MR) is 96.8 cm³/mol. The topological polar surface area (TPSA) is 73.7 Å². The van der Waals surface area contributed by atoms with Crippen LogP contribution >= 0.6 is 11.3 Å². The molecular weight excluding hydrogens is 338 g/mol. The third-order valence-electron chi connectivity index (χ3n) is 5.42. The van der Waals surface area contributed by atoms with Crippen molar-refractivity contribution in [3.63, 3.8) is 0 Å². The first-order valence-corrected chi connectivity index (χ1v) is 9.75. The van der Waals surface area contributed by atoms with E-state index < -0.39 is 11.5 Å². The van der Waals surface area contributed by atoms with Crippen molar-refractivity contribution >= 4 is 23.2 Å². The highest BCUT2D eigenvalue weighted by Crippen LogP contribution is 2.41. The quantitative estimate of drug-likeness (QED) is 0.870. The fourth-order valence-corrected chi connectivity index (χ4v) is 5.01. The maximum atomic E-state index is 12.9. The van der Waals surface area contributed by atoms with Crippen LogP contribution in [-0.2, 0) is 4.79 Å². The third-order valence-corrected chi connectivity index (χ3v) is 6.87. The van der Waals surface area contributed by atoms with E-state index in [-0.39, 0.29) is 11.8 Å². The van der Waals surface area contributed by atoms with Crippen molar-refractivity contribution in [2.24, 2.45) is 5.41 Å². The molecule has 1 unspecified atom stereocenters. The number of thiazole rings is 1. The van der Waals surface area contributed by atoms with E-state index in [2.05, 4.69) is 18.8 Å². The lowest BCUT2D eigenvalue weighted by Crippen LogP contribution is -2.56. The number of amides is 2. The molecule has 2 amide bonds. The number of hydrogen-bond acceptors (Lipinski definition) is 5. The molecule has 2 aliphatic heterocycles. The predicted octanol–water partition coefficient (Wildman–Crippen LogP) is 2.02. The van der Waals surface area contributed by atoms with Crippen molar-refractivity contribution in [1.82, 2.24) is 14.8 Å². The summed E-state index contributed by atoms with van der Waals surface area (Å²) in [7, 11) is 1.75. The van der Waals surface area contributed by atoms with Crippen LogP contribution in [0.15, 0.2) is 0 Å². The SMILES string of the molecule is Cc1nc(C(C)C)sc1C(=O)N1CCC2(CC1)CC(O)CN(C)C2=O. The Hall–Kier alpha value is -1.47. The number of aliphatic hydroxyl groups is 1. The Morgan fingerprint density at radius 3 is 2.56 bits per heavy atom. The number of carbonyl (C=O) groups excluding carboxylic acids is 2. The molecule has 25 heavy (non-hydrogen) atoms. The van der Waals surface area contributed by atoms with Gasteiger partial charge in [0, 0.05) is 32.6 Å². The molecule has 0 aromatic carbocycles. The monoisotopic (exact) mass is 365 g/mol. The van der Waals surface area contributed by atoms with Gasteiger partial charge in [0.2, 0.25) is 5.91 Å². The number of aliphatic hydroxyl groups excluding tert-OH is 1. The standard InChI is InChI=1S/C18H27N3O3S/c1-11(2)15-19-12(3)14(25-15)16(23)21-7-5-18(6-8-21)9-13(22)10-20(4)17(18)24/h11,13,22H,5-10H2,1-4H3. The summed E-state index contributed by atoms with van der Waals surface area (Å²) in [5, 5.41) is 11.1. The summed E-state index contributed by atoms with van der Waals surface area (Å²) in [6, 6.07) is 0. The zero-order valence-corrected chi connectivity index (χ0v) is 16.2. The summed E-state index contributed by atoms with van der Waals surface area (Å²) < 4.78 is 0. The molecule has 6 nitrogen and oxygen atoms in total. The Labute approximate surface area is 152 Å². The smallest absolute Gasteiger partial charge is 0.265 e. The van der Waals surface area contributed by atoms with Crippen molar-refractivity contribution in [3.8, 4) is 0 Å². The zero-order valence-electron chi connectivity index (χ0n) is 15.4. The Balaban J connectivity index is 1.72. The normalized spacial score (nSPS) is 23.6. The van der Waals surface area contributed by atoms with Crippen LogP contribution in [0.2, 0.25) is 0 Å². The molecule has 0 aliphatic carbocycles. The molecule has 3 heterocycles. The molecule has 1 spiro atoms. The first-order chi connectivity index (χ1) is 11.7. The van der Waals surface area contributed by atoms with Gasteiger partial charge in [-0.2, -0.15) is 0 Å². The van der Waals surface area contributed by atoms with Crippen molar-refractivity contribution in [1.29, 1.82) is 0 Å². The summed E-state index contributed by atoms with van der Waals surface area (Å²) in [5.41, 5.74) is 0.289. The number of carbonyl (C=O) groups is 2. The molecule has 2 fully saturated rings. The molecule has 0 radical (unpaired) electrons. The second-order valence-corrected chi connectivity index (χ2v) is 8.77. The van der Waals surface area contributed by atoms with Crippen LogP contribution in [0.4, 0.5) is 0 Å². The van der Waals surface area contributed by atoms with Gasteiger partial charge in [-0.3, -0.25) is 9.59 Å². The first-order valence-electron chi connectivity index (χ1n) is 8.94. The van der Waals surface area contributed by atoms with Gasteiger partial charge >= 0.3 is 0 Å². The fraction of sp³-hybridized carbons (Fsp3) is 0.722. The van der Waals surface area contributed by atoms with Gasteiger partial charge in [0.05, 0.1) is 22.2 Å². The van der Waals surface area contributed by atoms with Gasteiger partial charge in [0.1, 0.15) is 4.88 Å². The number of aromatic nitrogens is 1. The van der Waals surface area contributed by atoms with E-state index in [4.69, 9.17) is 0 Å². The number of likely N-dealkylation sites (N-methyl/N-ethyl adjacent to an activating group) is 1. The molecule has 1 aromatic heterocycles. The second-order valence-electron chi connectivity index (χ2n) is 7.74. The van der Waals surface area contributed by atoms with Crippen LogP contribution in [-0.4, -0.2) is 64.5 Å². The Bertz CT molecular complexity index is 677. The highest BCUT2D eigenvalue weighted by Gasteiger charge is 2.48.